The lowest BCUT2D eigenvalue weighted by atomic mass is 9.82. The zero-order valence-corrected chi connectivity index (χ0v) is 24.1. The summed E-state index contributed by atoms with van der Waals surface area (Å²) < 4.78 is 16.7. The Labute approximate surface area is 236 Å². The van der Waals surface area contributed by atoms with E-state index in [4.69, 9.17) is 33.2 Å². The van der Waals surface area contributed by atoms with Crippen LogP contribution >= 0.6 is 34.5 Å². The smallest absolute Gasteiger partial charge is 0.225 e. The van der Waals surface area contributed by atoms with Crippen LogP contribution < -0.4 is 15.4 Å². The van der Waals surface area contributed by atoms with Crippen molar-refractivity contribution in [2.75, 3.05) is 30.3 Å². The number of benzene rings is 1. The van der Waals surface area contributed by atoms with Crippen LogP contribution in [-0.4, -0.2) is 34.2 Å². The topological polar surface area (TPSA) is 84.9 Å². The highest BCUT2D eigenvalue weighted by Crippen LogP contribution is 2.35. The van der Waals surface area contributed by atoms with Crippen molar-refractivity contribution in [2.24, 2.45) is 17.8 Å². The van der Waals surface area contributed by atoms with E-state index < -0.39 is 11.4 Å². The molecule has 0 bridgehead atoms. The number of rotatable bonds is 10. The average Bonchev–Trinajstić information content (AvgIpc) is 3.28. The third-order valence-electron chi connectivity index (χ3n) is 7.73. The van der Waals surface area contributed by atoms with Crippen LogP contribution in [-0.2, 0) is 11.4 Å². The van der Waals surface area contributed by atoms with E-state index in [1.54, 1.807) is 6.07 Å². The fourth-order valence-electron chi connectivity index (χ4n) is 5.52. The van der Waals surface area contributed by atoms with Gasteiger partial charge < -0.3 is 15.2 Å². The summed E-state index contributed by atoms with van der Waals surface area (Å²) in [5, 5.41) is 8.25. The maximum absolute atomic E-state index is 12.5. The number of thiophene rings is 1. The fourth-order valence-corrected chi connectivity index (χ4v) is 8.41. The third kappa shape index (κ3) is 7.43. The molecule has 0 spiro atoms. The minimum absolute atomic E-state index is 0.494. The lowest BCUT2D eigenvalue weighted by Crippen LogP contribution is -2.32. The van der Waals surface area contributed by atoms with Gasteiger partial charge in [-0.1, -0.05) is 54.6 Å². The van der Waals surface area contributed by atoms with Gasteiger partial charge in [-0.25, -0.2) is 4.98 Å². The van der Waals surface area contributed by atoms with E-state index in [0.29, 0.717) is 31.4 Å². The third-order valence-corrected chi connectivity index (χ3v) is 10.6. The zero-order valence-electron chi connectivity index (χ0n) is 21.0. The number of para-hydroxylation sites is 1. The van der Waals surface area contributed by atoms with Crippen molar-refractivity contribution in [3.8, 4) is 0 Å². The first kappa shape index (κ1) is 27.3. The molecule has 2 aromatic heterocycles. The first-order valence-electron chi connectivity index (χ1n) is 13.4. The standard InChI is InChI=1S/C27H35Cl2N5OS2/c28-24-14-23(25(29)36-24)37(35)32-17-20-12-10-19(11-13-20)16-31-27-33-22-9-5-4-8-21(22)26(34-27)30-15-18-6-2-1-3-7-18/h4-5,8-9,14,18-20,32H,1-3,6-7,10-13,15-17H2,(H2,30,31,33,34)/t19-,20-,37?. The molecule has 2 aliphatic carbocycles. The second-order valence-electron chi connectivity index (χ2n) is 10.4. The number of aromatic nitrogens is 2. The van der Waals surface area contributed by atoms with E-state index in [1.165, 1.54) is 43.4 Å². The van der Waals surface area contributed by atoms with Crippen LogP contribution in [0.5, 0.6) is 0 Å². The molecule has 1 unspecified atom stereocenters. The number of hydrogen-bond acceptors (Lipinski definition) is 7. The van der Waals surface area contributed by atoms with Crippen LogP contribution in [0.25, 0.3) is 10.9 Å². The molecule has 0 amide bonds. The van der Waals surface area contributed by atoms with Crippen LogP contribution in [0.15, 0.2) is 35.2 Å². The fraction of sp³-hybridized carbons (Fsp3) is 0.556. The molecule has 2 saturated carbocycles. The number of nitrogens with zero attached hydrogens (tertiary/aromatic N) is 2. The molecule has 2 aliphatic rings. The quantitative estimate of drug-likeness (QED) is 0.215. The summed E-state index contributed by atoms with van der Waals surface area (Å²) in [5.41, 5.74) is 0.973. The van der Waals surface area contributed by atoms with Gasteiger partial charge in [0.2, 0.25) is 10.8 Å². The first-order chi connectivity index (χ1) is 18.0. The molecule has 5 rings (SSSR count). The number of halogens is 2. The Morgan fingerprint density at radius 1 is 0.865 bits per heavy atom. The lowest BCUT2D eigenvalue weighted by molar-refractivity contribution is 0.284. The predicted molar refractivity (Wildman–Crippen MR) is 157 cm³/mol. The van der Waals surface area contributed by atoms with Crippen molar-refractivity contribution in [2.45, 2.75) is 62.7 Å². The highest BCUT2D eigenvalue weighted by Gasteiger charge is 2.25. The van der Waals surface area contributed by atoms with Crippen LogP contribution in [0.3, 0.4) is 0 Å². The molecule has 1 atom stereocenters. The summed E-state index contributed by atoms with van der Waals surface area (Å²) >= 11 is 12.1. The van der Waals surface area contributed by atoms with Gasteiger partial charge in [-0.05, 0) is 68.4 Å². The van der Waals surface area contributed by atoms with Crippen molar-refractivity contribution < 1.29 is 4.55 Å². The summed E-state index contributed by atoms with van der Waals surface area (Å²) in [6.07, 6.45) is 11.2. The van der Waals surface area contributed by atoms with Crippen LogP contribution in [0.1, 0.15) is 57.8 Å². The molecule has 2 heterocycles. The second-order valence-corrected chi connectivity index (χ2v) is 13.9. The van der Waals surface area contributed by atoms with Gasteiger partial charge in [-0.3, -0.25) is 0 Å². The molecule has 2 fully saturated rings. The van der Waals surface area contributed by atoms with Gasteiger partial charge in [-0.2, -0.15) is 4.98 Å². The molecular weight excluding hydrogens is 545 g/mol. The van der Waals surface area contributed by atoms with Gasteiger partial charge in [0.1, 0.15) is 5.82 Å². The number of fused-ring (bicyclic) bond motifs is 1. The van der Waals surface area contributed by atoms with Gasteiger partial charge in [0, 0.05) is 31.1 Å². The SMILES string of the molecule is [O-][S+](NC[C@H]1CC[C@H](CNc2nc(NCC3CCCCC3)c3ccccc3n2)CC1)c1cc(Cl)sc1Cl. The number of nitrogens with one attached hydrogen (secondary N) is 3. The molecule has 1 aromatic carbocycles. The molecular formula is C27H35Cl2N5OS2. The highest BCUT2D eigenvalue weighted by atomic mass is 35.5. The monoisotopic (exact) mass is 579 g/mol. The Balaban J connectivity index is 1.11. The van der Waals surface area contributed by atoms with Crippen molar-refractivity contribution in [3.05, 3.63) is 39.0 Å². The van der Waals surface area contributed by atoms with E-state index in [0.717, 1.165) is 68.0 Å². The van der Waals surface area contributed by atoms with Gasteiger partial charge in [-0.15, -0.1) is 16.1 Å². The summed E-state index contributed by atoms with van der Waals surface area (Å²) in [5.74, 6) is 3.48. The van der Waals surface area contributed by atoms with E-state index in [9.17, 15) is 4.55 Å². The molecule has 3 aromatic rings. The zero-order chi connectivity index (χ0) is 25.6. The van der Waals surface area contributed by atoms with Crippen molar-refractivity contribution in [1.82, 2.24) is 14.7 Å². The molecule has 0 aliphatic heterocycles. The summed E-state index contributed by atoms with van der Waals surface area (Å²) in [4.78, 5) is 10.2. The number of anilines is 2. The van der Waals surface area contributed by atoms with Gasteiger partial charge >= 0.3 is 0 Å². The Bertz CT molecular complexity index is 1160. The van der Waals surface area contributed by atoms with Gasteiger partial charge in [0.25, 0.3) is 0 Å². The summed E-state index contributed by atoms with van der Waals surface area (Å²) in [7, 11) is 0. The van der Waals surface area contributed by atoms with Crippen LogP contribution in [0.2, 0.25) is 8.67 Å². The summed E-state index contributed by atoms with van der Waals surface area (Å²) in [6, 6.07) is 9.94. The number of hydrogen-bond donors (Lipinski definition) is 3. The molecule has 0 saturated heterocycles. The van der Waals surface area contributed by atoms with E-state index in [-0.39, 0.29) is 0 Å². The van der Waals surface area contributed by atoms with Crippen molar-refractivity contribution >= 4 is 68.6 Å². The average molecular weight is 581 g/mol. The van der Waals surface area contributed by atoms with E-state index in [1.807, 2.05) is 6.07 Å². The largest absolute Gasteiger partial charge is 0.593 e. The molecule has 200 valence electrons. The Kier molecular flexibility index (Phi) is 9.72. The second kappa shape index (κ2) is 13.2. The molecule has 6 nitrogen and oxygen atoms in total. The van der Waals surface area contributed by atoms with E-state index >= 15 is 0 Å². The molecule has 37 heavy (non-hydrogen) atoms. The lowest BCUT2D eigenvalue weighted by Gasteiger charge is -2.28. The van der Waals surface area contributed by atoms with Gasteiger partial charge in [0.15, 0.2) is 4.34 Å². The summed E-state index contributed by atoms with van der Waals surface area (Å²) in [6.45, 7) is 2.57. The van der Waals surface area contributed by atoms with Crippen LogP contribution in [0.4, 0.5) is 11.8 Å². The minimum Gasteiger partial charge on any atom is -0.593 e. The van der Waals surface area contributed by atoms with Crippen molar-refractivity contribution in [3.63, 3.8) is 0 Å². The first-order valence-corrected chi connectivity index (χ1v) is 16.1. The van der Waals surface area contributed by atoms with E-state index in [2.05, 4.69) is 33.6 Å². The van der Waals surface area contributed by atoms with Crippen molar-refractivity contribution in [1.29, 1.82) is 0 Å². The maximum Gasteiger partial charge on any atom is 0.225 e. The molecule has 0 radical (unpaired) electrons. The molecule has 3 N–H and O–H groups in total. The highest BCUT2D eigenvalue weighted by molar-refractivity contribution is 7.89. The minimum atomic E-state index is -1.32. The van der Waals surface area contributed by atoms with Crippen LogP contribution in [0, 0.1) is 17.8 Å². The Morgan fingerprint density at radius 3 is 2.27 bits per heavy atom. The predicted octanol–water partition coefficient (Wildman–Crippen LogP) is 7.52. The van der Waals surface area contributed by atoms with Gasteiger partial charge in [0.05, 0.1) is 21.2 Å². The maximum atomic E-state index is 12.5. The Hall–Kier alpha value is -1.29. The normalized spacial score (nSPS) is 21.7. The Morgan fingerprint density at radius 2 is 1.54 bits per heavy atom. The molecule has 10 heteroatoms.